The normalized spacial score (nSPS) is 8.27. The van der Waals surface area contributed by atoms with E-state index < -0.39 is 0 Å². The first kappa shape index (κ1) is 10.2. The zero-order valence-corrected chi connectivity index (χ0v) is 7.67. The molecular weight excluding hydrogens is 134 g/mol. The van der Waals surface area contributed by atoms with Gasteiger partial charge in [0.2, 0.25) is 0 Å². The van der Waals surface area contributed by atoms with Crippen molar-refractivity contribution in [3.63, 3.8) is 0 Å². The second kappa shape index (κ2) is 7.26. The van der Waals surface area contributed by atoms with Crippen LogP contribution in [-0.2, 0) is 6.42 Å². The molecule has 0 unspecified atom stereocenters. The van der Waals surface area contributed by atoms with Crippen LogP contribution in [0, 0.1) is 0 Å². The second-order valence-corrected chi connectivity index (χ2v) is 2.38. The Morgan fingerprint density at radius 1 is 1.18 bits per heavy atom. The molecule has 0 saturated carbocycles. The summed E-state index contributed by atoms with van der Waals surface area (Å²) in [6.07, 6.45) is 4.10. The first-order valence-corrected chi connectivity index (χ1v) is 4.25. The minimum Gasteiger partial charge on any atom is -0.261 e. The third kappa shape index (κ3) is 5.59. The van der Waals surface area contributed by atoms with Crippen LogP contribution >= 0.6 is 0 Å². The van der Waals surface area contributed by atoms with Gasteiger partial charge in [0.05, 0.1) is 0 Å². The summed E-state index contributed by atoms with van der Waals surface area (Å²) in [5.41, 5.74) is 1.16. The lowest BCUT2D eigenvalue weighted by Crippen LogP contribution is -1.81. The van der Waals surface area contributed by atoms with E-state index in [9.17, 15) is 0 Å². The Morgan fingerprint density at radius 2 is 1.82 bits per heavy atom. The minimum atomic E-state index is 1.03. The Hall–Kier alpha value is -0.850. The summed E-state index contributed by atoms with van der Waals surface area (Å²) in [4.78, 5) is 4.10. The Labute approximate surface area is 69.5 Å². The number of hydrogen-bond acceptors (Lipinski definition) is 1. The van der Waals surface area contributed by atoms with Crippen molar-refractivity contribution in [3.8, 4) is 0 Å². The fourth-order valence-corrected chi connectivity index (χ4v) is 0.607. The maximum absolute atomic E-state index is 4.10. The van der Waals surface area contributed by atoms with Gasteiger partial charge in [-0.25, -0.2) is 0 Å². The van der Waals surface area contributed by atoms with Gasteiger partial charge in [0, 0.05) is 11.9 Å². The molecule has 0 bridgehead atoms. The number of aromatic nitrogens is 1. The van der Waals surface area contributed by atoms with Crippen LogP contribution in [0.25, 0.3) is 0 Å². The maximum Gasteiger partial charge on any atom is 0.0400 e. The standard InChI is InChI=1S/C7H9N.C3H8/c1-2-7-5-3-4-6-8-7;1-3-2/h3-6H,2H2,1H3;3H2,1-2H3. The van der Waals surface area contributed by atoms with Crippen molar-refractivity contribution in [1.82, 2.24) is 4.98 Å². The van der Waals surface area contributed by atoms with Crippen LogP contribution in [-0.4, -0.2) is 4.98 Å². The SMILES string of the molecule is CCC.CCc1ccccn1. The van der Waals surface area contributed by atoms with E-state index in [0.717, 1.165) is 12.1 Å². The van der Waals surface area contributed by atoms with Crippen molar-refractivity contribution >= 4 is 0 Å². The predicted molar refractivity (Wildman–Crippen MR) is 49.6 cm³/mol. The monoisotopic (exact) mass is 151 g/mol. The molecule has 0 aliphatic carbocycles. The van der Waals surface area contributed by atoms with E-state index in [1.54, 1.807) is 0 Å². The number of aryl methyl sites for hydroxylation is 1. The molecule has 0 fully saturated rings. The van der Waals surface area contributed by atoms with E-state index in [1.807, 2.05) is 24.4 Å². The second-order valence-electron chi connectivity index (χ2n) is 2.38. The number of nitrogens with zero attached hydrogens (tertiary/aromatic N) is 1. The number of hydrogen-bond donors (Lipinski definition) is 0. The summed E-state index contributed by atoms with van der Waals surface area (Å²) < 4.78 is 0. The van der Waals surface area contributed by atoms with Crippen LogP contribution in [0.3, 0.4) is 0 Å². The molecule has 11 heavy (non-hydrogen) atoms. The van der Waals surface area contributed by atoms with Crippen molar-refractivity contribution in [2.24, 2.45) is 0 Å². The lowest BCUT2D eigenvalue weighted by atomic mass is 10.3. The summed E-state index contributed by atoms with van der Waals surface area (Å²) in [6, 6.07) is 5.96. The van der Waals surface area contributed by atoms with Crippen molar-refractivity contribution in [2.45, 2.75) is 33.6 Å². The summed E-state index contributed by atoms with van der Waals surface area (Å²) >= 11 is 0. The summed E-state index contributed by atoms with van der Waals surface area (Å²) in [7, 11) is 0. The van der Waals surface area contributed by atoms with Gasteiger partial charge in [-0.2, -0.15) is 0 Å². The van der Waals surface area contributed by atoms with Gasteiger partial charge in [-0.05, 0) is 18.6 Å². The molecule has 62 valence electrons. The molecule has 0 aliphatic rings. The molecule has 1 heteroatoms. The van der Waals surface area contributed by atoms with Crippen LogP contribution < -0.4 is 0 Å². The lowest BCUT2D eigenvalue weighted by molar-refractivity contribution is 1.04. The smallest absolute Gasteiger partial charge is 0.0400 e. The molecular formula is C10H17N. The minimum absolute atomic E-state index is 1.03. The molecule has 1 aromatic heterocycles. The zero-order valence-electron chi connectivity index (χ0n) is 7.67. The van der Waals surface area contributed by atoms with Crippen molar-refractivity contribution < 1.29 is 0 Å². The third-order valence-electron chi connectivity index (χ3n) is 1.09. The molecule has 0 N–H and O–H groups in total. The van der Waals surface area contributed by atoms with Gasteiger partial charge in [0.1, 0.15) is 0 Å². The molecule has 0 radical (unpaired) electrons. The van der Waals surface area contributed by atoms with E-state index in [-0.39, 0.29) is 0 Å². The van der Waals surface area contributed by atoms with Gasteiger partial charge in [0.25, 0.3) is 0 Å². The van der Waals surface area contributed by atoms with Gasteiger partial charge >= 0.3 is 0 Å². The molecule has 0 atom stereocenters. The Balaban J connectivity index is 0.000000292. The van der Waals surface area contributed by atoms with Crippen LogP contribution in [0.5, 0.6) is 0 Å². The number of pyridine rings is 1. The van der Waals surface area contributed by atoms with Crippen LogP contribution in [0.4, 0.5) is 0 Å². The Bertz CT molecular complexity index is 158. The summed E-state index contributed by atoms with van der Waals surface area (Å²) in [6.45, 7) is 6.35. The highest BCUT2D eigenvalue weighted by molar-refractivity contribution is 5.02. The van der Waals surface area contributed by atoms with E-state index in [4.69, 9.17) is 0 Å². The quantitative estimate of drug-likeness (QED) is 0.601. The largest absolute Gasteiger partial charge is 0.261 e. The average Bonchev–Trinajstić information content (AvgIpc) is 2.08. The first-order valence-electron chi connectivity index (χ1n) is 4.25. The van der Waals surface area contributed by atoms with E-state index in [0.29, 0.717) is 0 Å². The van der Waals surface area contributed by atoms with Crippen LogP contribution in [0.2, 0.25) is 0 Å². The van der Waals surface area contributed by atoms with Gasteiger partial charge < -0.3 is 0 Å². The highest BCUT2D eigenvalue weighted by Gasteiger charge is 1.81. The van der Waals surface area contributed by atoms with E-state index in [2.05, 4.69) is 25.8 Å². The molecule has 1 nitrogen and oxygen atoms in total. The van der Waals surface area contributed by atoms with Crippen LogP contribution in [0.1, 0.15) is 32.9 Å². The van der Waals surface area contributed by atoms with Crippen molar-refractivity contribution in [3.05, 3.63) is 30.1 Å². The van der Waals surface area contributed by atoms with Crippen LogP contribution in [0.15, 0.2) is 24.4 Å². The van der Waals surface area contributed by atoms with E-state index >= 15 is 0 Å². The maximum atomic E-state index is 4.10. The molecule has 1 aromatic rings. The van der Waals surface area contributed by atoms with Crippen molar-refractivity contribution in [1.29, 1.82) is 0 Å². The Kier molecular flexibility index (Phi) is 6.70. The fourth-order valence-electron chi connectivity index (χ4n) is 0.607. The lowest BCUT2D eigenvalue weighted by Gasteiger charge is -1.88. The summed E-state index contributed by atoms with van der Waals surface area (Å²) in [5.74, 6) is 0. The molecule has 0 aliphatic heterocycles. The van der Waals surface area contributed by atoms with Gasteiger partial charge in [0.15, 0.2) is 0 Å². The molecule has 1 rings (SSSR count). The van der Waals surface area contributed by atoms with Gasteiger partial charge in [-0.1, -0.05) is 33.3 Å². The third-order valence-corrected chi connectivity index (χ3v) is 1.09. The topological polar surface area (TPSA) is 12.9 Å². The average molecular weight is 151 g/mol. The zero-order chi connectivity index (χ0) is 8.53. The summed E-state index contributed by atoms with van der Waals surface area (Å²) in [5, 5.41) is 0. The molecule has 1 heterocycles. The van der Waals surface area contributed by atoms with Crippen molar-refractivity contribution in [2.75, 3.05) is 0 Å². The highest BCUT2D eigenvalue weighted by atomic mass is 14.6. The highest BCUT2D eigenvalue weighted by Crippen LogP contribution is 1.91. The van der Waals surface area contributed by atoms with E-state index in [1.165, 1.54) is 6.42 Å². The molecule has 0 amide bonds. The Morgan fingerprint density at radius 3 is 2.09 bits per heavy atom. The molecule has 0 spiro atoms. The van der Waals surface area contributed by atoms with Gasteiger partial charge in [-0.3, -0.25) is 4.98 Å². The first-order chi connectivity index (χ1) is 5.35. The van der Waals surface area contributed by atoms with Gasteiger partial charge in [-0.15, -0.1) is 0 Å². The molecule has 0 saturated heterocycles. The molecule has 0 aromatic carbocycles. The number of rotatable bonds is 1. The predicted octanol–water partition coefficient (Wildman–Crippen LogP) is 3.06. The fraction of sp³-hybridized carbons (Fsp3) is 0.500.